The van der Waals surface area contributed by atoms with Crippen molar-refractivity contribution >= 4 is 60.6 Å². The molecule has 0 aliphatic carbocycles. The Morgan fingerprint density at radius 1 is 1.33 bits per heavy atom. The Hall–Kier alpha value is -1.46. The maximum absolute atomic E-state index is 12.8. The van der Waals surface area contributed by atoms with Gasteiger partial charge < -0.3 is 5.11 Å². The van der Waals surface area contributed by atoms with Crippen LogP contribution in [0.4, 0.5) is 5.69 Å². The summed E-state index contributed by atoms with van der Waals surface area (Å²) in [7, 11) is 0. The average molecular weight is 469 g/mol. The second-order valence-corrected chi connectivity index (χ2v) is 8.70. The zero-order valence-electron chi connectivity index (χ0n) is 12.3. The summed E-state index contributed by atoms with van der Waals surface area (Å²) in [5.41, 5.74) is -0.992. The molecular weight excluding hydrogens is 458 g/mol. The standard InChI is InChI=1S/C17H11Br2NO3S/c1-2-7-20-12-4-3-10(18)8-11(12)17(23,16(20)22)9-13(21)14-5-6-15(19)24-14/h1,3-6,8,23H,7,9H2/t17-/m0/s1. The number of thiophene rings is 1. The van der Waals surface area contributed by atoms with Gasteiger partial charge in [0.15, 0.2) is 11.4 Å². The maximum Gasteiger partial charge on any atom is 0.265 e. The fraction of sp³-hybridized carbons (Fsp3) is 0.176. The number of Topliss-reactive ketones (excluding diaryl/α,β-unsaturated/α-hetero) is 1. The Balaban J connectivity index is 2.02. The first-order valence-electron chi connectivity index (χ1n) is 6.93. The van der Waals surface area contributed by atoms with Crippen molar-refractivity contribution in [2.45, 2.75) is 12.0 Å². The zero-order chi connectivity index (χ0) is 17.5. The number of terminal acetylenes is 1. The van der Waals surface area contributed by atoms with Gasteiger partial charge in [-0.3, -0.25) is 14.5 Å². The lowest BCUT2D eigenvalue weighted by Gasteiger charge is -2.21. The van der Waals surface area contributed by atoms with Crippen LogP contribution in [0.3, 0.4) is 0 Å². The van der Waals surface area contributed by atoms with Crippen LogP contribution in [0.2, 0.25) is 0 Å². The average Bonchev–Trinajstić information content (AvgIpc) is 3.05. The molecule has 1 amide bonds. The van der Waals surface area contributed by atoms with Gasteiger partial charge in [-0.15, -0.1) is 17.8 Å². The number of carbonyl (C=O) groups excluding carboxylic acids is 2. The third-order valence-corrected chi connectivity index (χ3v) is 5.97. The van der Waals surface area contributed by atoms with Crippen molar-refractivity contribution in [1.29, 1.82) is 0 Å². The number of hydrogen-bond acceptors (Lipinski definition) is 4. The first-order valence-corrected chi connectivity index (χ1v) is 9.33. The Kier molecular flexibility index (Phi) is 4.67. The van der Waals surface area contributed by atoms with E-state index in [2.05, 4.69) is 37.8 Å². The van der Waals surface area contributed by atoms with Gasteiger partial charge in [0.05, 0.1) is 27.3 Å². The van der Waals surface area contributed by atoms with Crippen molar-refractivity contribution in [2.24, 2.45) is 0 Å². The summed E-state index contributed by atoms with van der Waals surface area (Å²) in [4.78, 5) is 27.1. The van der Waals surface area contributed by atoms with Gasteiger partial charge in [-0.2, -0.15) is 0 Å². The first-order chi connectivity index (χ1) is 11.4. The fourth-order valence-electron chi connectivity index (χ4n) is 2.73. The molecule has 0 bridgehead atoms. The normalized spacial score (nSPS) is 19.2. The van der Waals surface area contributed by atoms with Crippen LogP contribution < -0.4 is 4.90 Å². The molecule has 2 aromatic rings. The fourth-order valence-corrected chi connectivity index (χ4v) is 4.41. The molecule has 1 atom stereocenters. The third-order valence-electron chi connectivity index (χ3n) is 3.81. The Labute approximate surface area is 159 Å². The highest BCUT2D eigenvalue weighted by Gasteiger charge is 2.51. The SMILES string of the molecule is C#CCN1C(=O)[C@](O)(CC(=O)c2ccc(Br)s2)c2cc(Br)ccc21. The van der Waals surface area contributed by atoms with E-state index in [1.54, 1.807) is 30.3 Å². The van der Waals surface area contributed by atoms with E-state index in [9.17, 15) is 14.7 Å². The summed E-state index contributed by atoms with van der Waals surface area (Å²) < 4.78 is 1.52. The quantitative estimate of drug-likeness (QED) is 0.549. The molecule has 2 heterocycles. The number of amides is 1. The van der Waals surface area contributed by atoms with Crippen molar-refractivity contribution in [3.05, 3.63) is 49.0 Å². The number of rotatable bonds is 4. The number of anilines is 1. The largest absolute Gasteiger partial charge is 0.375 e. The van der Waals surface area contributed by atoms with Crippen LogP contribution in [0.5, 0.6) is 0 Å². The molecule has 7 heteroatoms. The van der Waals surface area contributed by atoms with Gasteiger partial charge in [-0.05, 0) is 46.3 Å². The van der Waals surface area contributed by atoms with Crippen LogP contribution in [0.25, 0.3) is 0 Å². The van der Waals surface area contributed by atoms with Crippen LogP contribution >= 0.6 is 43.2 Å². The molecule has 4 nitrogen and oxygen atoms in total. The van der Waals surface area contributed by atoms with Crippen LogP contribution in [0.1, 0.15) is 21.7 Å². The Bertz CT molecular complexity index is 886. The van der Waals surface area contributed by atoms with Gasteiger partial charge in [-0.1, -0.05) is 21.9 Å². The predicted molar refractivity (Wildman–Crippen MR) is 100 cm³/mol. The van der Waals surface area contributed by atoms with Gasteiger partial charge in [0.25, 0.3) is 5.91 Å². The summed E-state index contributed by atoms with van der Waals surface area (Å²) >= 11 is 7.91. The molecule has 0 radical (unpaired) electrons. The molecule has 122 valence electrons. The van der Waals surface area contributed by atoms with Crippen molar-refractivity contribution in [3.63, 3.8) is 0 Å². The van der Waals surface area contributed by atoms with E-state index in [0.29, 0.717) is 20.6 Å². The third kappa shape index (κ3) is 2.84. The number of carbonyl (C=O) groups is 2. The number of fused-ring (bicyclic) bond motifs is 1. The zero-order valence-corrected chi connectivity index (χ0v) is 16.2. The summed E-state index contributed by atoms with van der Waals surface area (Å²) in [6, 6.07) is 8.55. The number of hydrogen-bond donors (Lipinski definition) is 1. The lowest BCUT2D eigenvalue weighted by atomic mass is 9.89. The maximum atomic E-state index is 12.8. The minimum atomic E-state index is -1.91. The first kappa shape index (κ1) is 17.4. The van der Waals surface area contributed by atoms with Crippen LogP contribution in [-0.2, 0) is 10.4 Å². The number of ketones is 1. The minimum Gasteiger partial charge on any atom is -0.375 e. The van der Waals surface area contributed by atoms with Crippen molar-refractivity contribution in [2.75, 3.05) is 11.4 Å². The van der Waals surface area contributed by atoms with Crippen molar-refractivity contribution in [3.8, 4) is 12.3 Å². The minimum absolute atomic E-state index is 0.0362. The number of benzene rings is 1. The van der Waals surface area contributed by atoms with Crippen molar-refractivity contribution in [1.82, 2.24) is 0 Å². The van der Waals surface area contributed by atoms with E-state index in [1.165, 1.54) is 16.2 Å². The molecular formula is C17H11Br2NO3S. The molecule has 3 rings (SSSR count). The van der Waals surface area contributed by atoms with Gasteiger partial charge in [-0.25, -0.2) is 0 Å². The van der Waals surface area contributed by atoms with E-state index in [0.717, 1.165) is 3.79 Å². The molecule has 0 saturated heterocycles. The molecule has 0 fully saturated rings. The van der Waals surface area contributed by atoms with Crippen LogP contribution in [0.15, 0.2) is 38.6 Å². The number of halogens is 2. The molecule has 24 heavy (non-hydrogen) atoms. The Morgan fingerprint density at radius 3 is 2.71 bits per heavy atom. The molecule has 0 spiro atoms. The summed E-state index contributed by atoms with van der Waals surface area (Å²) in [6.07, 6.45) is 5.01. The monoisotopic (exact) mass is 467 g/mol. The summed E-state index contributed by atoms with van der Waals surface area (Å²) in [6.45, 7) is 0.0362. The van der Waals surface area contributed by atoms with Gasteiger partial charge >= 0.3 is 0 Å². The van der Waals surface area contributed by atoms with Gasteiger partial charge in [0.2, 0.25) is 0 Å². The summed E-state index contributed by atoms with van der Waals surface area (Å²) in [5.74, 6) is 1.55. The lowest BCUT2D eigenvalue weighted by molar-refractivity contribution is -0.135. The molecule has 1 aromatic carbocycles. The van der Waals surface area contributed by atoms with E-state index >= 15 is 0 Å². The number of aliphatic hydroxyl groups is 1. The van der Waals surface area contributed by atoms with E-state index in [1.807, 2.05) is 0 Å². The number of nitrogens with zero attached hydrogens (tertiary/aromatic N) is 1. The predicted octanol–water partition coefficient (Wildman–Crippen LogP) is 3.71. The van der Waals surface area contributed by atoms with E-state index in [4.69, 9.17) is 6.42 Å². The second kappa shape index (κ2) is 6.45. The highest BCUT2D eigenvalue weighted by molar-refractivity contribution is 9.11. The van der Waals surface area contributed by atoms with Crippen LogP contribution in [-0.4, -0.2) is 23.3 Å². The molecule has 1 aliphatic rings. The highest BCUT2D eigenvalue weighted by atomic mass is 79.9. The van der Waals surface area contributed by atoms with Gasteiger partial charge in [0.1, 0.15) is 0 Å². The lowest BCUT2D eigenvalue weighted by Crippen LogP contribution is -2.42. The Morgan fingerprint density at radius 2 is 2.08 bits per heavy atom. The van der Waals surface area contributed by atoms with Crippen molar-refractivity contribution < 1.29 is 14.7 Å². The topological polar surface area (TPSA) is 57.6 Å². The summed E-state index contributed by atoms with van der Waals surface area (Å²) in [5, 5.41) is 11.1. The van der Waals surface area contributed by atoms with E-state index in [-0.39, 0.29) is 18.7 Å². The molecule has 0 saturated carbocycles. The molecule has 1 aliphatic heterocycles. The van der Waals surface area contributed by atoms with Crippen LogP contribution in [0, 0.1) is 12.3 Å². The van der Waals surface area contributed by atoms with Gasteiger partial charge in [0, 0.05) is 10.0 Å². The molecule has 1 aromatic heterocycles. The smallest absolute Gasteiger partial charge is 0.265 e. The van der Waals surface area contributed by atoms with E-state index < -0.39 is 11.5 Å². The highest BCUT2D eigenvalue weighted by Crippen LogP contribution is 2.44. The molecule has 1 N–H and O–H groups in total. The second-order valence-electron chi connectivity index (χ2n) is 5.32. The molecule has 0 unspecified atom stereocenters.